The smallest absolute Gasteiger partial charge is 0.288 e. The number of nitro groups is 1. The average molecular weight is 473 g/mol. The van der Waals surface area contributed by atoms with Gasteiger partial charge in [0, 0.05) is 43.5 Å². The molecule has 2 aromatic carbocycles. The third-order valence-corrected chi connectivity index (χ3v) is 6.45. The molecule has 3 rings (SSSR count). The minimum atomic E-state index is -0.737. The number of carbonyl (C=O) groups excluding carboxylic acids is 2. The number of hydrogen-bond acceptors (Lipinski definition) is 5. The van der Waals surface area contributed by atoms with Crippen molar-refractivity contribution >= 4 is 34.8 Å². The summed E-state index contributed by atoms with van der Waals surface area (Å²) in [6.45, 7) is 10.4. The first-order valence-corrected chi connectivity index (χ1v) is 11.3. The molecular weight excluding hydrogens is 444 g/mol. The van der Waals surface area contributed by atoms with E-state index in [-0.39, 0.29) is 28.1 Å². The highest BCUT2D eigenvalue weighted by molar-refractivity contribution is 6.32. The lowest BCUT2D eigenvalue weighted by Crippen LogP contribution is -2.56. The van der Waals surface area contributed by atoms with E-state index in [1.165, 1.54) is 28.9 Å². The van der Waals surface area contributed by atoms with E-state index >= 15 is 0 Å². The molecule has 1 fully saturated rings. The number of nitrogens with zero attached hydrogens (tertiary/aromatic N) is 3. The topological polar surface area (TPSA) is 95.8 Å². The summed E-state index contributed by atoms with van der Waals surface area (Å²) < 4.78 is 0. The second-order valence-corrected chi connectivity index (χ2v) is 9.06. The number of carbonyl (C=O) groups is 2. The molecule has 9 heteroatoms. The second-order valence-electron chi connectivity index (χ2n) is 8.65. The number of rotatable bonds is 6. The van der Waals surface area contributed by atoms with E-state index in [0.717, 1.165) is 6.07 Å². The van der Waals surface area contributed by atoms with Gasteiger partial charge < -0.3 is 15.1 Å². The Labute approximate surface area is 198 Å². The molecule has 1 atom stereocenters. The van der Waals surface area contributed by atoms with E-state index in [0.29, 0.717) is 26.2 Å². The maximum Gasteiger partial charge on any atom is 0.288 e. The Kier molecular flexibility index (Phi) is 7.58. The lowest BCUT2D eigenvalue weighted by molar-refractivity contribution is -0.384. The van der Waals surface area contributed by atoms with Crippen LogP contribution in [0.5, 0.6) is 0 Å². The largest absolute Gasteiger partial charge is 0.368 e. The number of benzene rings is 2. The molecule has 2 amide bonds. The SMILES string of the molecule is Cc1cccc(N2CCN(C(=O)[C@@H](NC(=O)c3ccc(Cl)c([N+](=O)[O-])c3)C(C)C)CC2)c1C. The summed E-state index contributed by atoms with van der Waals surface area (Å²) in [4.78, 5) is 40.6. The molecule has 1 aliphatic heterocycles. The number of hydrogen-bond donors (Lipinski definition) is 1. The highest BCUT2D eigenvalue weighted by Crippen LogP contribution is 2.26. The van der Waals surface area contributed by atoms with Crippen LogP contribution in [0.1, 0.15) is 35.3 Å². The van der Waals surface area contributed by atoms with Gasteiger partial charge in [-0.3, -0.25) is 19.7 Å². The van der Waals surface area contributed by atoms with Gasteiger partial charge in [-0.25, -0.2) is 0 Å². The van der Waals surface area contributed by atoms with E-state index in [9.17, 15) is 19.7 Å². The van der Waals surface area contributed by atoms with Crippen molar-refractivity contribution < 1.29 is 14.5 Å². The van der Waals surface area contributed by atoms with E-state index in [1.54, 1.807) is 4.90 Å². The predicted octanol–water partition coefficient (Wildman–Crippen LogP) is 3.97. The highest BCUT2D eigenvalue weighted by Gasteiger charge is 2.31. The summed E-state index contributed by atoms with van der Waals surface area (Å²) in [5, 5.41) is 13.9. The molecule has 176 valence electrons. The summed E-state index contributed by atoms with van der Waals surface area (Å²) in [7, 11) is 0. The molecule has 0 saturated carbocycles. The van der Waals surface area contributed by atoms with Crippen molar-refractivity contribution in [1.29, 1.82) is 0 Å². The van der Waals surface area contributed by atoms with Crippen LogP contribution in [0.15, 0.2) is 36.4 Å². The maximum atomic E-state index is 13.3. The number of amides is 2. The number of halogens is 1. The van der Waals surface area contributed by atoms with Gasteiger partial charge in [0.2, 0.25) is 5.91 Å². The second kappa shape index (κ2) is 10.2. The molecule has 2 aromatic rings. The molecule has 0 unspecified atom stereocenters. The van der Waals surface area contributed by atoms with Crippen molar-refractivity contribution in [3.8, 4) is 0 Å². The average Bonchev–Trinajstić information content (AvgIpc) is 2.78. The lowest BCUT2D eigenvalue weighted by atomic mass is 10.0. The predicted molar refractivity (Wildman–Crippen MR) is 129 cm³/mol. The number of anilines is 1. The molecule has 33 heavy (non-hydrogen) atoms. The molecule has 0 radical (unpaired) electrons. The number of nitro benzene ring substituents is 1. The van der Waals surface area contributed by atoms with Crippen LogP contribution in [0, 0.1) is 29.9 Å². The van der Waals surface area contributed by atoms with Crippen molar-refractivity contribution in [1.82, 2.24) is 10.2 Å². The van der Waals surface area contributed by atoms with Gasteiger partial charge in [-0.15, -0.1) is 0 Å². The quantitative estimate of drug-likeness (QED) is 0.507. The maximum absolute atomic E-state index is 13.3. The van der Waals surface area contributed by atoms with Crippen LogP contribution in [0.2, 0.25) is 5.02 Å². The molecule has 1 N–H and O–H groups in total. The zero-order chi connectivity index (χ0) is 24.3. The van der Waals surface area contributed by atoms with Crippen molar-refractivity contribution in [2.75, 3.05) is 31.1 Å². The normalized spacial score (nSPS) is 14.8. The minimum Gasteiger partial charge on any atom is -0.368 e. The van der Waals surface area contributed by atoms with Crippen LogP contribution < -0.4 is 10.2 Å². The van der Waals surface area contributed by atoms with Gasteiger partial charge in [0.1, 0.15) is 11.1 Å². The van der Waals surface area contributed by atoms with Crippen LogP contribution >= 0.6 is 11.6 Å². The van der Waals surface area contributed by atoms with Gasteiger partial charge in [0.25, 0.3) is 11.6 Å². The van der Waals surface area contributed by atoms with E-state index < -0.39 is 16.9 Å². The molecule has 1 heterocycles. The van der Waals surface area contributed by atoms with Crippen LogP contribution in [-0.2, 0) is 4.79 Å². The Morgan fingerprint density at radius 3 is 2.36 bits per heavy atom. The number of nitrogens with one attached hydrogen (secondary N) is 1. The Hall–Kier alpha value is -3.13. The molecule has 0 aliphatic carbocycles. The number of aryl methyl sites for hydroxylation is 1. The monoisotopic (exact) mass is 472 g/mol. The molecular formula is C24H29ClN4O4. The Balaban J connectivity index is 1.68. The highest BCUT2D eigenvalue weighted by atomic mass is 35.5. The van der Waals surface area contributed by atoms with Gasteiger partial charge in [-0.05, 0) is 49.1 Å². The van der Waals surface area contributed by atoms with Gasteiger partial charge in [-0.2, -0.15) is 0 Å². The first-order valence-electron chi connectivity index (χ1n) is 10.9. The summed E-state index contributed by atoms with van der Waals surface area (Å²) in [5.74, 6) is -0.848. The summed E-state index contributed by atoms with van der Waals surface area (Å²) in [6, 6.07) is 9.34. The first kappa shape index (κ1) is 24.5. The fourth-order valence-electron chi connectivity index (χ4n) is 3.97. The van der Waals surface area contributed by atoms with Crippen molar-refractivity contribution in [2.45, 2.75) is 33.7 Å². The van der Waals surface area contributed by atoms with Gasteiger partial charge in [0.05, 0.1) is 4.92 Å². The first-order chi connectivity index (χ1) is 15.6. The Morgan fingerprint density at radius 1 is 1.09 bits per heavy atom. The summed E-state index contributed by atoms with van der Waals surface area (Å²) in [6.07, 6.45) is 0. The summed E-state index contributed by atoms with van der Waals surface area (Å²) >= 11 is 5.84. The van der Waals surface area contributed by atoms with E-state index in [1.807, 2.05) is 19.9 Å². The van der Waals surface area contributed by atoms with Crippen LogP contribution in [0.25, 0.3) is 0 Å². The van der Waals surface area contributed by atoms with Crippen LogP contribution in [-0.4, -0.2) is 53.9 Å². The molecule has 1 aliphatic rings. The van der Waals surface area contributed by atoms with Crippen molar-refractivity contribution in [3.63, 3.8) is 0 Å². The van der Waals surface area contributed by atoms with Gasteiger partial charge >= 0.3 is 0 Å². The fraction of sp³-hybridized carbons (Fsp3) is 0.417. The van der Waals surface area contributed by atoms with E-state index in [2.05, 4.69) is 36.2 Å². The van der Waals surface area contributed by atoms with Gasteiger partial charge in [-0.1, -0.05) is 37.6 Å². The molecule has 0 aromatic heterocycles. The molecule has 0 spiro atoms. The molecule has 0 bridgehead atoms. The molecule has 8 nitrogen and oxygen atoms in total. The lowest BCUT2D eigenvalue weighted by Gasteiger charge is -2.39. The van der Waals surface area contributed by atoms with Crippen molar-refractivity contribution in [2.24, 2.45) is 5.92 Å². The minimum absolute atomic E-state index is 0.0465. The summed E-state index contributed by atoms with van der Waals surface area (Å²) in [5.41, 5.74) is 3.39. The Bertz CT molecular complexity index is 1060. The van der Waals surface area contributed by atoms with Gasteiger partial charge in [0.15, 0.2) is 0 Å². The fourth-order valence-corrected chi connectivity index (χ4v) is 4.16. The third-order valence-electron chi connectivity index (χ3n) is 6.13. The third kappa shape index (κ3) is 5.45. The van der Waals surface area contributed by atoms with E-state index in [4.69, 9.17) is 11.6 Å². The Morgan fingerprint density at radius 2 is 1.76 bits per heavy atom. The number of piperazine rings is 1. The molecule has 1 saturated heterocycles. The van der Waals surface area contributed by atoms with Crippen molar-refractivity contribution in [3.05, 3.63) is 68.2 Å². The van der Waals surface area contributed by atoms with Crippen LogP contribution in [0.3, 0.4) is 0 Å². The zero-order valence-electron chi connectivity index (χ0n) is 19.3. The standard InChI is InChI=1S/C24H29ClN4O4/c1-15(2)22(26-23(30)18-8-9-19(25)21(14-18)29(32)33)24(31)28-12-10-27(11-13-28)20-7-5-6-16(3)17(20)4/h5-9,14-15,22H,10-13H2,1-4H3,(H,26,30)/t22-/m0/s1. The van der Waals surface area contributed by atoms with Crippen LogP contribution in [0.4, 0.5) is 11.4 Å². The zero-order valence-corrected chi connectivity index (χ0v) is 20.1.